The fourth-order valence-corrected chi connectivity index (χ4v) is 3.25. The Morgan fingerprint density at radius 2 is 1.85 bits per heavy atom. The molecule has 4 aromatic rings. The van der Waals surface area contributed by atoms with Crippen molar-refractivity contribution in [3.8, 4) is 11.1 Å². The van der Waals surface area contributed by atoms with Crippen LogP contribution < -0.4 is 5.32 Å². The van der Waals surface area contributed by atoms with Crippen LogP contribution in [0.2, 0.25) is 0 Å². The smallest absolute Gasteiger partial charge is 0.165 e. The van der Waals surface area contributed by atoms with Crippen molar-refractivity contribution in [2.45, 2.75) is 27.0 Å². The van der Waals surface area contributed by atoms with Gasteiger partial charge < -0.3 is 10.4 Å². The van der Waals surface area contributed by atoms with Crippen LogP contribution in [0.3, 0.4) is 0 Å². The van der Waals surface area contributed by atoms with Gasteiger partial charge in [0.05, 0.1) is 12.8 Å². The van der Waals surface area contributed by atoms with Crippen LogP contribution in [0.25, 0.3) is 16.8 Å². The van der Waals surface area contributed by atoms with Crippen molar-refractivity contribution in [3.63, 3.8) is 0 Å². The Kier molecular flexibility index (Phi) is 4.60. The lowest BCUT2D eigenvalue weighted by atomic mass is 10.1. The predicted octanol–water partition coefficient (Wildman–Crippen LogP) is 4.12. The van der Waals surface area contributed by atoms with Crippen molar-refractivity contribution in [1.29, 1.82) is 0 Å². The maximum atomic E-state index is 9.22. The molecule has 5 heteroatoms. The van der Waals surface area contributed by atoms with Crippen LogP contribution in [-0.2, 0) is 13.2 Å². The van der Waals surface area contributed by atoms with Gasteiger partial charge in [0.15, 0.2) is 5.65 Å². The fraction of sp³-hybridized carbons (Fsp3) is 0.182. The number of rotatable bonds is 5. The third-order valence-electron chi connectivity index (χ3n) is 4.81. The molecule has 0 bridgehead atoms. The van der Waals surface area contributed by atoms with Gasteiger partial charge in [0, 0.05) is 18.3 Å². The number of aromatic nitrogens is 3. The molecule has 0 saturated heterocycles. The summed E-state index contributed by atoms with van der Waals surface area (Å²) in [5.74, 6) is 0.901. The van der Waals surface area contributed by atoms with Crippen LogP contribution in [0.15, 0.2) is 60.9 Å². The summed E-state index contributed by atoms with van der Waals surface area (Å²) in [5.41, 5.74) is 7.49. The van der Waals surface area contributed by atoms with E-state index < -0.39 is 0 Å². The van der Waals surface area contributed by atoms with E-state index in [0.717, 1.165) is 34.7 Å². The SMILES string of the molecule is Cc1ccc(CNc2ccnc3c(-c4ccc(CO)cc4)cnn23)c(C)c1. The largest absolute Gasteiger partial charge is 0.392 e. The molecule has 136 valence electrons. The van der Waals surface area contributed by atoms with E-state index in [1.807, 2.05) is 41.0 Å². The number of aliphatic hydroxyl groups is 1. The minimum atomic E-state index is 0.0415. The summed E-state index contributed by atoms with van der Waals surface area (Å²) in [4.78, 5) is 4.52. The van der Waals surface area contributed by atoms with Gasteiger partial charge in [-0.25, -0.2) is 4.98 Å². The number of nitrogens with one attached hydrogen (secondary N) is 1. The number of anilines is 1. The van der Waals surface area contributed by atoms with Crippen LogP contribution >= 0.6 is 0 Å². The second-order valence-corrected chi connectivity index (χ2v) is 6.76. The molecule has 0 unspecified atom stereocenters. The zero-order valence-electron chi connectivity index (χ0n) is 15.5. The number of fused-ring (bicyclic) bond motifs is 1. The Morgan fingerprint density at radius 3 is 2.59 bits per heavy atom. The number of hydrogen-bond donors (Lipinski definition) is 2. The second-order valence-electron chi connectivity index (χ2n) is 6.76. The highest BCUT2D eigenvalue weighted by molar-refractivity contribution is 5.78. The monoisotopic (exact) mass is 358 g/mol. The number of hydrogen-bond acceptors (Lipinski definition) is 4. The van der Waals surface area contributed by atoms with Crippen molar-refractivity contribution in [2.24, 2.45) is 0 Å². The van der Waals surface area contributed by atoms with Crippen molar-refractivity contribution >= 4 is 11.5 Å². The van der Waals surface area contributed by atoms with E-state index in [1.165, 1.54) is 16.7 Å². The van der Waals surface area contributed by atoms with Gasteiger partial charge in [0.2, 0.25) is 0 Å². The predicted molar refractivity (Wildman–Crippen MR) is 108 cm³/mol. The zero-order valence-corrected chi connectivity index (χ0v) is 15.5. The van der Waals surface area contributed by atoms with Gasteiger partial charge in [0.25, 0.3) is 0 Å². The number of aryl methyl sites for hydroxylation is 2. The summed E-state index contributed by atoms with van der Waals surface area (Å²) in [6, 6.07) is 16.2. The molecule has 0 spiro atoms. The lowest BCUT2D eigenvalue weighted by Crippen LogP contribution is -2.06. The first-order valence-electron chi connectivity index (χ1n) is 8.98. The first-order valence-corrected chi connectivity index (χ1v) is 8.98. The maximum Gasteiger partial charge on any atom is 0.165 e. The molecule has 27 heavy (non-hydrogen) atoms. The molecule has 4 rings (SSSR count). The Hall–Kier alpha value is -3.18. The first kappa shape index (κ1) is 17.2. The molecule has 0 saturated carbocycles. The minimum absolute atomic E-state index is 0.0415. The summed E-state index contributed by atoms with van der Waals surface area (Å²) in [6.45, 7) is 5.01. The maximum absolute atomic E-state index is 9.22. The Balaban J connectivity index is 1.63. The molecule has 0 amide bonds. The molecule has 0 aliphatic heterocycles. The molecular weight excluding hydrogens is 336 g/mol. The van der Waals surface area contributed by atoms with E-state index in [2.05, 4.69) is 47.4 Å². The average Bonchev–Trinajstić information content (AvgIpc) is 3.12. The van der Waals surface area contributed by atoms with Crippen LogP contribution in [0.1, 0.15) is 22.3 Å². The molecule has 5 nitrogen and oxygen atoms in total. The molecule has 0 aliphatic rings. The molecule has 2 heterocycles. The zero-order chi connectivity index (χ0) is 18.8. The minimum Gasteiger partial charge on any atom is -0.392 e. The Bertz CT molecular complexity index is 1080. The Morgan fingerprint density at radius 1 is 1.04 bits per heavy atom. The highest BCUT2D eigenvalue weighted by Gasteiger charge is 2.11. The highest BCUT2D eigenvalue weighted by atomic mass is 16.3. The normalized spacial score (nSPS) is 11.1. The van der Waals surface area contributed by atoms with E-state index in [4.69, 9.17) is 0 Å². The molecule has 0 aliphatic carbocycles. The van der Waals surface area contributed by atoms with Gasteiger partial charge in [-0.15, -0.1) is 0 Å². The van der Waals surface area contributed by atoms with Gasteiger partial charge in [-0.2, -0.15) is 9.61 Å². The standard InChI is InChI=1S/C22H22N4O/c1-15-3-6-19(16(2)11-15)12-24-21-9-10-23-22-20(13-25-26(21)22)18-7-4-17(14-27)5-8-18/h3-11,13,24,27H,12,14H2,1-2H3. The fourth-order valence-electron chi connectivity index (χ4n) is 3.25. The van der Waals surface area contributed by atoms with Crippen molar-refractivity contribution in [1.82, 2.24) is 14.6 Å². The molecule has 0 atom stereocenters. The van der Waals surface area contributed by atoms with Crippen molar-refractivity contribution in [2.75, 3.05) is 5.32 Å². The lowest BCUT2D eigenvalue weighted by molar-refractivity contribution is 0.282. The van der Waals surface area contributed by atoms with Crippen molar-refractivity contribution in [3.05, 3.63) is 83.2 Å². The number of aliphatic hydroxyl groups excluding tert-OH is 1. The van der Waals surface area contributed by atoms with Crippen molar-refractivity contribution < 1.29 is 5.11 Å². The van der Waals surface area contributed by atoms with E-state index in [1.54, 1.807) is 6.20 Å². The summed E-state index contributed by atoms with van der Waals surface area (Å²) in [7, 11) is 0. The first-order chi connectivity index (χ1) is 13.2. The molecular formula is C22H22N4O. The van der Waals surface area contributed by atoms with E-state index in [-0.39, 0.29) is 6.61 Å². The summed E-state index contributed by atoms with van der Waals surface area (Å²) >= 11 is 0. The summed E-state index contributed by atoms with van der Waals surface area (Å²) in [5, 5.41) is 17.2. The van der Waals surface area contributed by atoms with Crippen LogP contribution in [-0.4, -0.2) is 19.7 Å². The summed E-state index contributed by atoms with van der Waals surface area (Å²) < 4.78 is 1.83. The number of nitrogens with zero attached hydrogens (tertiary/aromatic N) is 3. The highest BCUT2D eigenvalue weighted by Crippen LogP contribution is 2.25. The van der Waals surface area contributed by atoms with E-state index in [9.17, 15) is 5.11 Å². The quantitative estimate of drug-likeness (QED) is 0.563. The van der Waals surface area contributed by atoms with E-state index >= 15 is 0 Å². The van der Waals surface area contributed by atoms with Gasteiger partial charge in [0.1, 0.15) is 5.82 Å². The number of benzene rings is 2. The second kappa shape index (κ2) is 7.21. The third-order valence-corrected chi connectivity index (χ3v) is 4.81. The molecule has 2 aromatic heterocycles. The molecule has 2 N–H and O–H groups in total. The molecule has 0 radical (unpaired) electrons. The van der Waals surface area contributed by atoms with Crippen LogP contribution in [0, 0.1) is 13.8 Å². The molecule has 0 fully saturated rings. The van der Waals surface area contributed by atoms with Gasteiger partial charge in [-0.1, -0.05) is 48.0 Å². The summed E-state index contributed by atoms with van der Waals surface area (Å²) in [6.07, 6.45) is 3.63. The lowest BCUT2D eigenvalue weighted by Gasteiger charge is -2.11. The average molecular weight is 358 g/mol. The van der Waals surface area contributed by atoms with E-state index in [0.29, 0.717) is 0 Å². The van der Waals surface area contributed by atoms with Crippen LogP contribution in [0.5, 0.6) is 0 Å². The Labute approximate surface area is 158 Å². The third kappa shape index (κ3) is 3.41. The van der Waals surface area contributed by atoms with Gasteiger partial charge in [-0.05, 0) is 42.2 Å². The topological polar surface area (TPSA) is 62.5 Å². The van der Waals surface area contributed by atoms with Gasteiger partial charge >= 0.3 is 0 Å². The van der Waals surface area contributed by atoms with Crippen LogP contribution in [0.4, 0.5) is 5.82 Å². The molecule has 2 aromatic carbocycles. The van der Waals surface area contributed by atoms with Gasteiger partial charge in [-0.3, -0.25) is 0 Å².